The van der Waals surface area contributed by atoms with E-state index in [9.17, 15) is 13.2 Å². The number of para-hydroxylation sites is 2. The van der Waals surface area contributed by atoms with Crippen molar-refractivity contribution in [1.82, 2.24) is 14.3 Å². The molecule has 1 aromatic carbocycles. The molecule has 3 rings (SSSR count). The fraction of sp³-hybridized carbons (Fsp3) is 0.500. The predicted octanol–water partition coefficient (Wildman–Crippen LogP) is 1.95. The predicted molar refractivity (Wildman–Crippen MR) is 93.1 cm³/mol. The van der Waals surface area contributed by atoms with Crippen LogP contribution in [0.5, 0.6) is 0 Å². The van der Waals surface area contributed by atoms with Crippen LogP contribution in [0, 0.1) is 5.92 Å². The zero-order chi connectivity index (χ0) is 17.2. The number of imidazole rings is 1. The van der Waals surface area contributed by atoms with Crippen molar-refractivity contribution < 1.29 is 13.2 Å². The first-order chi connectivity index (χ1) is 11.5. The number of amides is 1. The fourth-order valence-corrected chi connectivity index (χ4v) is 4.62. The molecule has 2 heterocycles. The molecule has 2 aromatic rings. The van der Waals surface area contributed by atoms with Gasteiger partial charge in [-0.15, -0.1) is 0 Å². The lowest BCUT2D eigenvalue weighted by molar-refractivity contribution is -0.120. The number of H-pyrrole nitrogens is 1. The van der Waals surface area contributed by atoms with E-state index < -0.39 is 10.0 Å². The first-order valence-corrected chi connectivity index (χ1v) is 9.84. The van der Waals surface area contributed by atoms with E-state index in [0.29, 0.717) is 31.8 Å². The maximum Gasteiger partial charge on any atom is 0.231 e. The Bertz CT molecular complexity index is 798. The second-order valence-corrected chi connectivity index (χ2v) is 8.19. The van der Waals surface area contributed by atoms with Gasteiger partial charge in [0, 0.05) is 13.1 Å². The van der Waals surface area contributed by atoms with Gasteiger partial charge >= 0.3 is 0 Å². The molecule has 1 amide bonds. The van der Waals surface area contributed by atoms with Crippen molar-refractivity contribution in [2.75, 3.05) is 24.2 Å². The van der Waals surface area contributed by atoms with Crippen LogP contribution >= 0.6 is 0 Å². The van der Waals surface area contributed by atoms with Crippen LogP contribution in [0.15, 0.2) is 24.3 Å². The van der Waals surface area contributed by atoms with Gasteiger partial charge in [-0.25, -0.2) is 17.7 Å². The molecule has 2 N–H and O–H groups in total. The van der Waals surface area contributed by atoms with Gasteiger partial charge in [-0.1, -0.05) is 19.1 Å². The highest BCUT2D eigenvalue weighted by atomic mass is 32.2. The van der Waals surface area contributed by atoms with E-state index in [-0.39, 0.29) is 24.1 Å². The molecule has 0 aliphatic carbocycles. The number of nitrogens with zero attached hydrogens (tertiary/aromatic N) is 2. The number of piperidine rings is 1. The third-order valence-electron chi connectivity index (χ3n) is 4.24. The topological polar surface area (TPSA) is 95.2 Å². The van der Waals surface area contributed by atoms with Gasteiger partial charge < -0.3 is 4.98 Å². The van der Waals surface area contributed by atoms with E-state index >= 15 is 0 Å². The van der Waals surface area contributed by atoms with Gasteiger partial charge in [0.25, 0.3) is 0 Å². The van der Waals surface area contributed by atoms with Gasteiger partial charge in [-0.05, 0) is 31.4 Å². The summed E-state index contributed by atoms with van der Waals surface area (Å²) in [5.74, 6) is -0.0101. The van der Waals surface area contributed by atoms with Crippen LogP contribution in [-0.4, -0.2) is 47.4 Å². The number of carbonyl (C=O) groups excluding carboxylic acids is 1. The highest BCUT2D eigenvalue weighted by Gasteiger charge is 2.32. The third kappa shape index (κ3) is 3.59. The van der Waals surface area contributed by atoms with Crippen molar-refractivity contribution in [2.24, 2.45) is 5.92 Å². The quantitative estimate of drug-likeness (QED) is 0.861. The van der Waals surface area contributed by atoms with Gasteiger partial charge in [0.2, 0.25) is 21.9 Å². The van der Waals surface area contributed by atoms with E-state index in [1.807, 2.05) is 31.2 Å². The van der Waals surface area contributed by atoms with Crippen molar-refractivity contribution in [3.8, 4) is 0 Å². The molecule has 0 radical (unpaired) electrons. The van der Waals surface area contributed by atoms with Crippen LogP contribution in [0.1, 0.15) is 26.2 Å². The number of hydrogen-bond donors (Lipinski definition) is 2. The SMILES string of the molecule is CCCS(=O)(=O)N1CCCC(C(=O)Nc2nc3ccccc3[nH]2)C1. The number of anilines is 1. The first kappa shape index (κ1) is 16.9. The molecular weight excluding hydrogens is 328 g/mol. The minimum absolute atomic E-state index is 0.130. The second-order valence-electron chi connectivity index (χ2n) is 6.10. The van der Waals surface area contributed by atoms with Crippen LogP contribution in [0.25, 0.3) is 11.0 Å². The van der Waals surface area contributed by atoms with E-state index in [1.165, 1.54) is 4.31 Å². The van der Waals surface area contributed by atoms with E-state index in [1.54, 1.807) is 0 Å². The number of benzene rings is 1. The molecule has 1 aliphatic rings. The van der Waals surface area contributed by atoms with Gasteiger partial charge in [-0.3, -0.25) is 10.1 Å². The summed E-state index contributed by atoms with van der Waals surface area (Å²) in [6.07, 6.45) is 1.96. The van der Waals surface area contributed by atoms with Gasteiger partial charge in [0.15, 0.2) is 0 Å². The molecule has 8 heteroatoms. The normalized spacial score (nSPS) is 19.5. The molecule has 0 saturated carbocycles. The lowest BCUT2D eigenvalue weighted by Crippen LogP contribution is -2.44. The Hall–Kier alpha value is -1.93. The molecule has 7 nitrogen and oxygen atoms in total. The molecule has 24 heavy (non-hydrogen) atoms. The standard InChI is InChI=1S/C16H22N4O3S/c1-2-10-24(22,23)20-9-5-6-12(11-20)15(21)19-16-17-13-7-3-4-8-14(13)18-16/h3-4,7-8,12H,2,5-6,9-11H2,1H3,(H2,17,18,19,21). The van der Waals surface area contributed by atoms with Gasteiger partial charge in [0.05, 0.1) is 22.7 Å². The average Bonchev–Trinajstić information content (AvgIpc) is 2.97. The summed E-state index contributed by atoms with van der Waals surface area (Å²) >= 11 is 0. The van der Waals surface area contributed by atoms with E-state index in [2.05, 4.69) is 15.3 Å². The third-order valence-corrected chi connectivity index (χ3v) is 6.28. The number of carbonyl (C=O) groups is 1. The second kappa shape index (κ2) is 6.90. The van der Waals surface area contributed by atoms with Crippen molar-refractivity contribution in [3.63, 3.8) is 0 Å². The summed E-state index contributed by atoms with van der Waals surface area (Å²) in [6.45, 7) is 2.58. The lowest BCUT2D eigenvalue weighted by Gasteiger charge is -2.30. The maximum absolute atomic E-state index is 12.5. The Labute approximate surface area is 141 Å². The summed E-state index contributed by atoms with van der Waals surface area (Å²) in [6, 6.07) is 7.52. The number of nitrogens with one attached hydrogen (secondary N) is 2. The average molecular weight is 350 g/mol. The minimum atomic E-state index is -3.26. The van der Waals surface area contributed by atoms with Crippen LogP contribution < -0.4 is 5.32 Å². The van der Waals surface area contributed by atoms with Crippen LogP contribution in [0.4, 0.5) is 5.95 Å². The number of rotatable bonds is 5. The monoisotopic (exact) mass is 350 g/mol. The molecule has 1 saturated heterocycles. The Balaban J connectivity index is 1.68. The van der Waals surface area contributed by atoms with Crippen molar-refractivity contribution >= 4 is 32.9 Å². The summed E-state index contributed by atoms with van der Waals surface area (Å²) in [7, 11) is -3.26. The molecular formula is C16H22N4O3S. The molecule has 1 fully saturated rings. The Morgan fingerprint density at radius 2 is 2.21 bits per heavy atom. The van der Waals surface area contributed by atoms with E-state index in [4.69, 9.17) is 0 Å². The number of aromatic amines is 1. The maximum atomic E-state index is 12.5. The Morgan fingerprint density at radius 3 is 2.96 bits per heavy atom. The summed E-state index contributed by atoms with van der Waals surface area (Å²) in [5.41, 5.74) is 1.63. The Kier molecular flexibility index (Phi) is 4.86. The number of sulfonamides is 1. The highest BCUT2D eigenvalue weighted by molar-refractivity contribution is 7.89. The van der Waals surface area contributed by atoms with E-state index in [0.717, 1.165) is 11.0 Å². The summed E-state index contributed by atoms with van der Waals surface area (Å²) in [4.78, 5) is 19.9. The zero-order valence-electron chi connectivity index (χ0n) is 13.7. The van der Waals surface area contributed by atoms with Crippen LogP contribution in [0.2, 0.25) is 0 Å². The van der Waals surface area contributed by atoms with Crippen molar-refractivity contribution in [1.29, 1.82) is 0 Å². The highest BCUT2D eigenvalue weighted by Crippen LogP contribution is 2.22. The number of hydrogen-bond acceptors (Lipinski definition) is 4. The molecule has 0 spiro atoms. The molecule has 1 aromatic heterocycles. The van der Waals surface area contributed by atoms with Crippen LogP contribution in [0.3, 0.4) is 0 Å². The minimum Gasteiger partial charge on any atom is -0.324 e. The zero-order valence-corrected chi connectivity index (χ0v) is 14.5. The number of fused-ring (bicyclic) bond motifs is 1. The van der Waals surface area contributed by atoms with Crippen molar-refractivity contribution in [3.05, 3.63) is 24.3 Å². The number of aromatic nitrogens is 2. The molecule has 130 valence electrons. The molecule has 1 aliphatic heterocycles. The molecule has 1 atom stereocenters. The molecule has 1 unspecified atom stereocenters. The smallest absolute Gasteiger partial charge is 0.231 e. The van der Waals surface area contributed by atoms with Crippen LogP contribution in [-0.2, 0) is 14.8 Å². The van der Waals surface area contributed by atoms with Crippen molar-refractivity contribution in [2.45, 2.75) is 26.2 Å². The Morgan fingerprint density at radius 1 is 1.42 bits per heavy atom. The largest absolute Gasteiger partial charge is 0.324 e. The first-order valence-electron chi connectivity index (χ1n) is 8.23. The van der Waals surface area contributed by atoms with Gasteiger partial charge in [0.1, 0.15) is 0 Å². The summed E-state index contributed by atoms with van der Waals surface area (Å²) < 4.78 is 25.9. The summed E-state index contributed by atoms with van der Waals surface area (Å²) in [5, 5.41) is 2.78. The molecule has 0 bridgehead atoms. The fourth-order valence-electron chi connectivity index (χ4n) is 3.03. The van der Waals surface area contributed by atoms with Gasteiger partial charge in [-0.2, -0.15) is 0 Å². The lowest BCUT2D eigenvalue weighted by atomic mass is 9.99.